The first-order valence-corrected chi connectivity index (χ1v) is 11.2. The summed E-state index contributed by atoms with van der Waals surface area (Å²) in [6.45, 7) is 4.51. The van der Waals surface area contributed by atoms with Gasteiger partial charge in [0.2, 0.25) is 0 Å². The van der Waals surface area contributed by atoms with Crippen molar-refractivity contribution in [1.82, 2.24) is 10.3 Å². The van der Waals surface area contributed by atoms with Gasteiger partial charge in [0.1, 0.15) is 0 Å². The Balaban J connectivity index is 1.55. The van der Waals surface area contributed by atoms with Crippen molar-refractivity contribution in [2.45, 2.75) is 39.2 Å². The van der Waals surface area contributed by atoms with Crippen molar-refractivity contribution in [2.75, 3.05) is 11.9 Å². The lowest BCUT2D eigenvalue weighted by molar-refractivity contribution is -0.136. The minimum absolute atomic E-state index is 0.0540. The van der Waals surface area contributed by atoms with E-state index in [0.29, 0.717) is 28.1 Å². The number of carboxylic acid groups (broad SMARTS) is 1. The molecule has 4 rings (SSSR count). The van der Waals surface area contributed by atoms with Gasteiger partial charge < -0.3 is 15.7 Å². The number of amides is 1. The molecular formula is C26H27F2N3O3. The monoisotopic (exact) mass is 467 g/mol. The SMILES string of the molecule is CC1(C)CC(C(Nc2cnc3cc(F)c(F)cc3c2)c2ccc(C(=O)NCCC(=O)O)cc2)C1. The van der Waals surface area contributed by atoms with E-state index in [-0.39, 0.29) is 30.3 Å². The normalized spacial score (nSPS) is 16.0. The molecule has 1 unspecified atom stereocenters. The van der Waals surface area contributed by atoms with E-state index in [4.69, 9.17) is 5.11 Å². The summed E-state index contributed by atoms with van der Waals surface area (Å²) in [5, 5.41) is 15.3. The first-order chi connectivity index (χ1) is 16.1. The predicted octanol–water partition coefficient (Wildman–Crippen LogP) is 5.31. The summed E-state index contributed by atoms with van der Waals surface area (Å²) < 4.78 is 27.2. The number of carbonyl (C=O) groups excluding carboxylic acids is 1. The van der Waals surface area contributed by atoms with E-state index in [1.165, 1.54) is 0 Å². The zero-order valence-corrected chi connectivity index (χ0v) is 19.1. The summed E-state index contributed by atoms with van der Waals surface area (Å²) in [6.07, 6.45) is 3.51. The van der Waals surface area contributed by atoms with Gasteiger partial charge in [0.05, 0.1) is 29.9 Å². The maximum Gasteiger partial charge on any atom is 0.305 e. The minimum atomic E-state index is -0.968. The fourth-order valence-corrected chi connectivity index (χ4v) is 4.68. The lowest BCUT2D eigenvalue weighted by Gasteiger charge is -2.47. The molecule has 2 aromatic carbocycles. The van der Waals surface area contributed by atoms with Crippen LogP contribution in [-0.4, -0.2) is 28.5 Å². The number of carboxylic acids is 1. The minimum Gasteiger partial charge on any atom is -0.481 e. The average Bonchev–Trinajstić information content (AvgIpc) is 2.76. The van der Waals surface area contributed by atoms with Crippen molar-refractivity contribution in [3.05, 3.63) is 71.4 Å². The van der Waals surface area contributed by atoms with Gasteiger partial charge in [0, 0.05) is 23.6 Å². The number of halogens is 2. The number of rotatable bonds is 8. The molecule has 1 amide bonds. The molecule has 8 heteroatoms. The number of carbonyl (C=O) groups is 2. The van der Waals surface area contributed by atoms with Crippen LogP contribution in [0.1, 0.15) is 55.1 Å². The summed E-state index contributed by atoms with van der Waals surface area (Å²) in [5.74, 6) is -2.78. The standard InChI is InChI=1S/C26H27F2N3O3/c1-26(2)12-18(13-26)24(15-3-5-16(6-4-15)25(34)29-8-7-23(32)33)31-19-9-17-10-20(27)21(28)11-22(17)30-14-19/h3-6,9-11,14,18,24,31H,7-8,12-13H2,1-2H3,(H,29,34)(H,32,33). The number of pyridine rings is 1. The second kappa shape index (κ2) is 9.37. The van der Waals surface area contributed by atoms with Gasteiger partial charge in [-0.25, -0.2) is 8.78 Å². The molecule has 178 valence electrons. The van der Waals surface area contributed by atoms with Crippen LogP contribution in [0.2, 0.25) is 0 Å². The topological polar surface area (TPSA) is 91.3 Å². The number of aliphatic carboxylic acids is 1. The van der Waals surface area contributed by atoms with Crippen molar-refractivity contribution >= 4 is 28.5 Å². The van der Waals surface area contributed by atoms with Crippen LogP contribution in [0, 0.1) is 23.0 Å². The lowest BCUT2D eigenvalue weighted by atomic mass is 9.61. The van der Waals surface area contributed by atoms with Crippen molar-refractivity contribution in [3.63, 3.8) is 0 Å². The van der Waals surface area contributed by atoms with Crippen LogP contribution in [-0.2, 0) is 4.79 Å². The van der Waals surface area contributed by atoms with E-state index in [2.05, 4.69) is 29.5 Å². The molecule has 1 aromatic heterocycles. The Hall–Kier alpha value is -3.55. The van der Waals surface area contributed by atoms with E-state index in [0.717, 1.165) is 30.5 Å². The zero-order valence-electron chi connectivity index (χ0n) is 19.1. The molecule has 1 heterocycles. The molecule has 3 N–H and O–H groups in total. The third kappa shape index (κ3) is 5.32. The van der Waals surface area contributed by atoms with Crippen LogP contribution >= 0.6 is 0 Å². The Morgan fingerprint density at radius 1 is 1.12 bits per heavy atom. The highest BCUT2D eigenvalue weighted by atomic mass is 19.2. The van der Waals surface area contributed by atoms with E-state index in [1.807, 2.05) is 12.1 Å². The molecule has 1 atom stereocenters. The highest BCUT2D eigenvalue weighted by Crippen LogP contribution is 2.51. The van der Waals surface area contributed by atoms with Crippen LogP contribution in [0.3, 0.4) is 0 Å². The second-order valence-electron chi connectivity index (χ2n) is 9.66. The third-order valence-electron chi connectivity index (χ3n) is 6.30. The summed E-state index contributed by atoms with van der Waals surface area (Å²) in [6, 6.07) is 11.1. The number of aromatic nitrogens is 1. The van der Waals surface area contributed by atoms with Crippen LogP contribution < -0.4 is 10.6 Å². The van der Waals surface area contributed by atoms with Gasteiger partial charge >= 0.3 is 5.97 Å². The Morgan fingerprint density at radius 3 is 2.44 bits per heavy atom. The van der Waals surface area contributed by atoms with Crippen molar-refractivity contribution < 1.29 is 23.5 Å². The van der Waals surface area contributed by atoms with Gasteiger partial charge in [-0.3, -0.25) is 14.6 Å². The Kier molecular flexibility index (Phi) is 6.50. The van der Waals surface area contributed by atoms with Crippen LogP contribution in [0.5, 0.6) is 0 Å². The lowest BCUT2D eigenvalue weighted by Crippen LogP contribution is -2.38. The van der Waals surface area contributed by atoms with Gasteiger partial charge in [-0.05, 0) is 54.0 Å². The molecule has 1 saturated carbocycles. The highest BCUT2D eigenvalue weighted by molar-refractivity contribution is 5.94. The smallest absolute Gasteiger partial charge is 0.305 e. The first-order valence-electron chi connectivity index (χ1n) is 11.2. The van der Waals surface area contributed by atoms with Gasteiger partial charge in [0.15, 0.2) is 11.6 Å². The number of benzene rings is 2. The maximum atomic E-state index is 13.7. The number of nitrogens with zero attached hydrogens (tertiary/aromatic N) is 1. The summed E-state index contributed by atoms with van der Waals surface area (Å²) in [7, 11) is 0. The highest BCUT2D eigenvalue weighted by Gasteiger charge is 2.41. The Bertz CT molecular complexity index is 1220. The number of hydrogen-bond acceptors (Lipinski definition) is 4. The molecule has 1 fully saturated rings. The summed E-state index contributed by atoms with van der Waals surface area (Å²) >= 11 is 0. The molecule has 34 heavy (non-hydrogen) atoms. The fourth-order valence-electron chi connectivity index (χ4n) is 4.68. The van der Waals surface area contributed by atoms with Crippen LogP contribution in [0.4, 0.5) is 14.5 Å². The third-order valence-corrected chi connectivity index (χ3v) is 6.30. The molecular weight excluding hydrogens is 440 g/mol. The van der Waals surface area contributed by atoms with E-state index in [1.54, 1.807) is 24.4 Å². The number of fused-ring (bicyclic) bond motifs is 1. The van der Waals surface area contributed by atoms with Crippen LogP contribution in [0.15, 0.2) is 48.7 Å². The van der Waals surface area contributed by atoms with E-state index in [9.17, 15) is 18.4 Å². The molecule has 1 aliphatic rings. The quantitative estimate of drug-likeness (QED) is 0.418. The van der Waals surface area contributed by atoms with Crippen molar-refractivity contribution in [1.29, 1.82) is 0 Å². The second-order valence-corrected chi connectivity index (χ2v) is 9.66. The first kappa shape index (κ1) is 23.6. The predicted molar refractivity (Wildman–Crippen MR) is 126 cm³/mol. The van der Waals surface area contributed by atoms with E-state index < -0.39 is 17.6 Å². The van der Waals surface area contributed by atoms with Crippen molar-refractivity contribution in [2.24, 2.45) is 11.3 Å². The van der Waals surface area contributed by atoms with Crippen LogP contribution in [0.25, 0.3) is 10.9 Å². The maximum absolute atomic E-state index is 13.7. The van der Waals surface area contributed by atoms with Gasteiger partial charge in [-0.1, -0.05) is 26.0 Å². The van der Waals surface area contributed by atoms with Gasteiger partial charge in [0.25, 0.3) is 5.91 Å². The number of hydrogen-bond donors (Lipinski definition) is 3. The molecule has 0 saturated heterocycles. The zero-order chi connectivity index (χ0) is 24.5. The van der Waals surface area contributed by atoms with Gasteiger partial charge in [-0.15, -0.1) is 0 Å². The molecule has 0 aliphatic heterocycles. The molecule has 0 spiro atoms. The van der Waals surface area contributed by atoms with Gasteiger partial charge in [-0.2, -0.15) is 0 Å². The largest absolute Gasteiger partial charge is 0.481 e. The molecule has 0 radical (unpaired) electrons. The Labute approximate surface area is 196 Å². The fraction of sp³-hybridized carbons (Fsp3) is 0.346. The Morgan fingerprint density at radius 2 is 1.79 bits per heavy atom. The average molecular weight is 468 g/mol. The summed E-state index contributed by atoms with van der Waals surface area (Å²) in [4.78, 5) is 27.2. The molecule has 6 nitrogen and oxygen atoms in total. The molecule has 0 bridgehead atoms. The number of nitrogens with one attached hydrogen (secondary N) is 2. The molecule has 1 aliphatic carbocycles. The molecule has 3 aromatic rings. The van der Waals surface area contributed by atoms with Crippen molar-refractivity contribution in [3.8, 4) is 0 Å². The number of anilines is 1. The summed E-state index contributed by atoms with van der Waals surface area (Å²) in [5.41, 5.74) is 2.77. The van der Waals surface area contributed by atoms with E-state index >= 15 is 0 Å².